The number of hydrogen-bond acceptors (Lipinski definition) is 4. The van der Waals surface area contributed by atoms with E-state index in [-0.39, 0.29) is 26.6 Å². The number of aromatic nitrogens is 1. The first kappa shape index (κ1) is 24.5. The number of carbonyl (C=O) groups is 1. The van der Waals surface area contributed by atoms with E-state index < -0.39 is 15.9 Å². The fourth-order valence-electron chi connectivity index (χ4n) is 3.27. The molecule has 0 saturated heterocycles. The second-order valence-electron chi connectivity index (χ2n) is 8.52. The Morgan fingerprint density at radius 1 is 1.09 bits per heavy atom. The van der Waals surface area contributed by atoms with Gasteiger partial charge in [0.15, 0.2) is 0 Å². The van der Waals surface area contributed by atoms with Crippen LogP contribution in [0.2, 0.25) is 5.02 Å². The number of nitrogens with one attached hydrogen (secondary N) is 1. The van der Waals surface area contributed by atoms with E-state index in [1.54, 1.807) is 55.7 Å². The summed E-state index contributed by atoms with van der Waals surface area (Å²) in [7, 11) is -2.42. The van der Waals surface area contributed by atoms with Crippen LogP contribution in [0.15, 0.2) is 72.3 Å². The Balaban J connectivity index is 2.05. The molecule has 0 radical (unpaired) electrons. The van der Waals surface area contributed by atoms with Crippen LogP contribution in [0.1, 0.15) is 42.3 Å². The van der Waals surface area contributed by atoms with Gasteiger partial charge in [-0.15, -0.1) is 0 Å². The Kier molecular flexibility index (Phi) is 6.95. The maximum atomic E-state index is 13.4. The van der Waals surface area contributed by atoms with Gasteiger partial charge in [0.25, 0.3) is 15.9 Å². The minimum absolute atomic E-state index is 0.0838. The summed E-state index contributed by atoms with van der Waals surface area (Å²) in [5, 5.41) is 0.278. The maximum Gasteiger partial charge on any atom is 0.261 e. The summed E-state index contributed by atoms with van der Waals surface area (Å²) in [6.45, 7) is 9.90. The monoisotopic (exact) mass is 483 g/mol. The molecule has 1 heterocycles. The summed E-state index contributed by atoms with van der Waals surface area (Å²) >= 11 is 6.31. The zero-order chi connectivity index (χ0) is 24.4. The van der Waals surface area contributed by atoms with Crippen LogP contribution in [0.5, 0.6) is 0 Å². The van der Waals surface area contributed by atoms with Gasteiger partial charge in [-0.3, -0.25) is 14.4 Å². The first-order valence-corrected chi connectivity index (χ1v) is 12.1. The van der Waals surface area contributed by atoms with Crippen LogP contribution in [0.3, 0.4) is 0 Å². The first-order chi connectivity index (χ1) is 15.5. The molecule has 0 fully saturated rings. The lowest BCUT2D eigenvalue weighted by Gasteiger charge is -2.21. The number of rotatable bonds is 6. The molecule has 0 spiro atoms. The molecule has 33 heavy (non-hydrogen) atoms. The minimum atomic E-state index is -3.97. The highest BCUT2D eigenvalue weighted by Crippen LogP contribution is 2.32. The molecule has 0 aliphatic rings. The van der Waals surface area contributed by atoms with Crippen LogP contribution < -0.4 is 9.62 Å². The van der Waals surface area contributed by atoms with E-state index in [2.05, 4.69) is 37.1 Å². The Bertz CT molecular complexity index is 1280. The largest absolute Gasteiger partial charge is 0.296 e. The highest BCUT2D eigenvalue weighted by molar-refractivity contribution is 7.92. The molecule has 0 aliphatic heterocycles. The molecular formula is C25H26ClN3O3S. The summed E-state index contributed by atoms with van der Waals surface area (Å²) in [6, 6.07) is 14.8. The van der Waals surface area contributed by atoms with Gasteiger partial charge in [-0.1, -0.05) is 63.2 Å². The van der Waals surface area contributed by atoms with Gasteiger partial charge in [-0.2, -0.15) is 0 Å². The molecule has 0 bridgehead atoms. The predicted octanol–water partition coefficient (Wildman–Crippen LogP) is 5.75. The summed E-state index contributed by atoms with van der Waals surface area (Å²) in [4.78, 5) is 19.0. The van der Waals surface area contributed by atoms with Crippen molar-refractivity contribution in [2.45, 2.75) is 31.1 Å². The third kappa shape index (κ3) is 5.26. The number of benzene rings is 2. The van der Waals surface area contributed by atoms with Crippen LogP contribution in [0, 0.1) is 0 Å². The van der Waals surface area contributed by atoms with Gasteiger partial charge >= 0.3 is 0 Å². The average Bonchev–Trinajstić information content (AvgIpc) is 2.79. The Hall–Kier alpha value is -3.16. The summed E-state index contributed by atoms with van der Waals surface area (Å²) in [5.74, 6) is -0.0732. The van der Waals surface area contributed by atoms with E-state index in [0.29, 0.717) is 11.4 Å². The molecule has 1 N–H and O–H groups in total. The quantitative estimate of drug-likeness (QED) is 0.484. The number of sulfonamides is 1. The molecular weight excluding hydrogens is 458 g/mol. The Morgan fingerprint density at radius 3 is 2.30 bits per heavy atom. The molecule has 1 amide bonds. The van der Waals surface area contributed by atoms with E-state index >= 15 is 0 Å². The topological polar surface area (TPSA) is 79.4 Å². The molecule has 8 heteroatoms. The first-order valence-electron chi connectivity index (χ1n) is 10.2. The summed E-state index contributed by atoms with van der Waals surface area (Å²) in [6.07, 6.45) is 2.99. The number of amides is 1. The van der Waals surface area contributed by atoms with Crippen molar-refractivity contribution < 1.29 is 13.2 Å². The van der Waals surface area contributed by atoms with E-state index in [9.17, 15) is 13.2 Å². The molecule has 0 unspecified atom stereocenters. The number of carbonyl (C=O) groups excluding carboxylic acids is 1. The van der Waals surface area contributed by atoms with E-state index in [1.807, 2.05) is 0 Å². The molecule has 172 valence electrons. The van der Waals surface area contributed by atoms with Gasteiger partial charge in [-0.25, -0.2) is 13.4 Å². The lowest BCUT2D eigenvalue weighted by atomic mass is 9.87. The zero-order valence-corrected chi connectivity index (χ0v) is 20.5. The number of pyridine rings is 1. The second kappa shape index (κ2) is 9.37. The van der Waals surface area contributed by atoms with Crippen molar-refractivity contribution in [1.82, 2.24) is 4.98 Å². The molecule has 0 aliphatic carbocycles. The van der Waals surface area contributed by atoms with Crippen LogP contribution in [0.25, 0.3) is 6.08 Å². The molecule has 6 nitrogen and oxygen atoms in total. The highest BCUT2D eigenvalue weighted by atomic mass is 35.5. The normalized spacial score (nSPS) is 11.7. The van der Waals surface area contributed by atoms with Crippen molar-refractivity contribution in [3.63, 3.8) is 0 Å². The number of anilines is 2. The van der Waals surface area contributed by atoms with Crippen LogP contribution in [-0.4, -0.2) is 26.4 Å². The lowest BCUT2D eigenvalue weighted by Crippen LogP contribution is -2.29. The fourth-order valence-corrected chi connectivity index (χ4v) is 4.58. The molecule has 3 aromatic rings. The van der Waals surface area contributed by atoms with E-state index in [0.717, 1.165) is 5.56 Å². The Morgan fingerprint density at radius 2 is 1.76 bits per heavy atom. The van der Waals surface area contributed by atoms with Gasteiger partial charge in [0.1, 0.15) is 5.82 Å². The van der Waals surface area contributed by atoms with Crippen molar-refractivity contribution in [3.05, 3.63) is 89.1 Å². The van der Waals surface area contributed by atoms with Crippen molar-refractivity contribution in [1.29, 1.82) is 0 Å². The highest BCUT2D eigenvalue weighted by Gasteiger charge is 2.26. The SMILES string of the molecule is C=Cc1c(Cl)ccc(NS(=O)(=O)c2ccc(C(C)(C)C)cc2)c1C(=O)N(C)c1ccccn1. The molecule has 2 aromatic carbocycles. The van der Waals surface area contributed by atoms with Gasteiger partial charge in [0, 0.05) is 23.8 Å². The van der Waals surface area contributed by atoms with Crippen molar-refractivity contribution >= 4 is 45.1 Å². The van der Waals surface area contributed by atoms with Crippen LogP contribution in [0.4, 0.5) is 11.5 Å². The second-order valence-corrected chi connectivity index (χ2v) is 10.6. The summed E-state index contributed by atoms with van der Waals surface area (Å²) < 4.78 is 28.9. The van der Waals surface area contributed by atoms with Crippen LogP contribution in [-0.2, 0) is 15.4 Å². The van der Waals surface area contributed by atoms with Gasteiger partial charge in [0.05, 0.1) is 16.1 Å². The third-order valence-electron chi connectivity index (χ3n) is 5.18. The molecule has 0 atom stereocenters. The van der Waals surface area contributed by atoms with Crippen molar-refractivity contribution in [3.8, 4) is 0 Å². The van der Waals surface area contributed by atoms with Crippen molar-refractivity contribution in [2.24, 2.45) is 0 Å². The zero-order valence-electron chi connectivity index (χ0n) is 19.0. The predicted molar refractivity (Wildman–Crippen MR) is 134 cm³/mol. The standard InChI is InChI=1S/C25H26ClN3O3S/c1-6-19-20(26)14-15-21(23(19)24(30)29(5)22-9-7-8-16-27-22)28-33(31,32)18-12-10-17(11-13-18)25(2,3)4/h6-16,28H,1H2,2-5H3. The van der Waals surface area contributed by atoms with E-state index in [4.69, 9.17) is 11.6 Å². The minimum Gasteiger partial charge on any atom is -0.296 e. The fraction of sp³-hybridized carbons (Fsp3) is 0.200. The summed E-state index contributed by atoms with van der Waals surface area (Å²) in [5.41, 5.74) is 1.41. The van der Waals surface area contributed by atoms with Crippen molar-refractivity contribution in [2.75, 3.05) is 16.7 Å². The third-order valence-corrected chi connectivity index (χ3v) is 6.89. The Labute approximate surface area is 200 Å². The average molecular weight is 484 g/mol. The lowest BCUT2D eigenvalue weighted by molar-refractivity contribution is 0.0993. The number of hydrogen-bond donors (Lipinski definition) is 1. The molecule has 0 saturated carbocycles. The molecule has 3 rings (SSSR count). The van der Waals surface area contributed by atoms with Gasteiger partial charge in [-0.05, 0) is 47.4 Å². The molecule has 1 aromatic heterocycles. The number of halogens is 1. The van der Waals surface area contributed by atoms with Gasteiger partial charge < -0.3 is 0 Å². The van der Waals surface area contributed by atoms with Gasteiger partial charge in [0.2, 0.25) is 0 Å². The van der Waals surface area contributed by atoms with Crippen LogP contribution >= 0.6 is 11.6 Å². The van der Waals surface area contributed by atoms with E-state index in [1.165, 1.54) is 23.1 Å². The maximum absolute atomic E-state index is 13.4. The smallest absolute Gasteiger partial charge is 0.261 e. The number of nitrogens with zero attached hydrogens (tertiary/aromatic N) is 2.